The van der Waals surface area contributed by atoms with Crippen molar-refractivity contribution in [3.8, 4) is 0 Å². The molecule has 0 radical (unpaired) electrons. The van der Waals surface area contributed by atoms with Crippen LogP contribution in [0.1, 0.15) is 30.5 Å². The molecular formula is C20H21ClN2O4. The summed E-state index contributed by atoms with van der Waals surface area (Å²) in [7, 11) is 0. The monoisotopic (exact) mass is 388 g/mol. The molecule has 7 heteroatoms. The maximum atomic E-state index is 12.1. The number of ether oxygens (including phenoxy) is 1. The van der Waals surface area contributed by atoms with Gasteiger partial charge in [-0.3, -0.25) is 14.4 Å². The Morgan fingerprint density at radius 3 is 2.37 bits per heavy atom. The molecule has 142 valence electrons. The van der Waals surface area contributed by atoms with Crippen LogP contribution >= 0.6 is 11.6 Å². The molecule has 0 heterocycles. The molecule has 2 aromatic carbocycles. The van der Waals surface area contributed by atoms with Gasteiger partial charge in [0.25, 0.3) is 5.91 Å². The Labute approximate surface area is 162 Å². The number of carbonyl (C=O) groups is 3. The summed E-state index contributed by atoms with van der Waals surface area (Å²) in [5, 5.41) is 5.91. The van der Waals surface area contributed by atoms with E-state index in [9.17, 15) is 14.4 Å². The number of esters is 1. The van der Waals surface area contributed by atoms with Crippen LogP contribution in [-0.4, -0.2) is 24.4 Å². The van der Waals surface area contributed by atoms with E-state index in [-0.39, 0.29) is 18.9 Å². The third-order valence-electron chi connectivity index (χ3n) is 3.75. The van der Waals surface area contributed by atoms with Crippen LogP contribution in [0.3, 0.4) is 0 Å². The van der Waals surface area contributed by atoms with E-state index in [0.717, 1.165) is 11.1 Å². The Morgan fingerprint density at radius 1 is 1.04 bits per heavy atom. The van der Waals surface area contributed by atoms with E-state index in [1.165, 1.54) is 6.92 Å². The fourth-order valence-corrected chi connectivity index (χ4v) is 2.64. The maximum absolute atomic E-state index is 12.1. The summed E-state index contributed by atoms with van der Waals surface area (Å²) in [6.07, 6.45) is -0.0681. The maximum Gasteiger partial charge on any atom is 0.308 e. The third kappa shape index (κ3) is 7.11. The van der Waals surface area contributed by atoms with Gasteiger partial charge in [-0.15, -0.1) is 0 Å². The molecule has 0 aliphatic carbocycles. The van der Waals surface area contributed by atoms with Crippen LogP contribution in [0, 0.1) is 0 Å². The standard InChI is InChI=1S/C20H21ClN2O4/c1-14(24)23-18(15-7-3-2-4-8-15)11-20(26)27-13-19(25)22-12-16-9-5-6-10-17(16)21/h2-10,18H,11-13H2,1H3,(H,22,25)(H,23,24)/t18-/m1/s1. The minimum Gasteiger partial charge on any atom is -0.456 e. The van der Waals surface area contributed by atoms with E-state index in [1.807, 2.05) is 36.4 Å². The van der Waals surface area contributed by atoms with Crippen molar-refractivity contribution in [3.05, 3.63) is 70.7 Å². The van der Waals surface area contributed by atoms with Gasteiger partial charge in [0.1, 0.15) is 0 Å². The van der Waals surface area contributed by atoms with Crippen LogP contribution in [0.15, 0.2) is 54.6 Å². The fraction of sp³-hybridized carbons (Fsp3) is 0.250. The fourth-order valence-electron chi connectivity index (χ4n) is 2.44. The van der Waals surface area contributed by atoms with Crippen LogP contribution in [0.2, 0.25) is 5.02 Å². The molecule has 0 saturated carbocycles. The van der Waals surface area contributed by atoms with Crippen molar-refractivity contribution in [1.82, 2.24) is 10.6 Å². The number of rotatable bonds is 8. The lowest BCUT2D eigenvalue weighted by Gasteiger charge is -2.17. The molecule has 27 heavy (non-hydrogen) atoms. The summed E-state index contributed by atoms with van der Waals surface area (Å²) in [6.45, 7) is 1.23. The highest BCUT2D eigenvalue weighted by molar-refractivity contribution is 6.31. The molecule has 0 spiro atoms. The van der Waals surface area contributed by atoms with Gasteiger partial charge in [-0.25, -0.2) is 0 Å². The Hall–Kier alpha value is -2.86. The normalized spacial score (nSPS) is 11.3. The SMILES string of the molecule is CC(=O)N[C@H](CC(=O)OCC(=O)NCc1ccccc1Cl)c1ccccc1. The molecule has 2 aromatic rings. The predicted molar refractivity (Wildman–Crippen MR) is 102 cm³/mol. The second-order valence-electron chi connectivity index (χ2n) is 5.90. The molecular weight excluding hydrogens is 368 g/mol. The van der Waals surface area contributed by atoms with Crippen LogP contribution < -0.4 is 10.6 Å². The van der Waals surface area contributed by atoms with Gasteiger partial charge < -0.3 is 15.4 Å². The van der Waals surface area contributed by atoms with E-state index in [4.69, 9.17) is 16.3 Å². The van der Waals surface area contributed by atoms with Gasteiger partial charge >= 0.3 is 5.97 Å². The molecule has 2 N–H and O–H groups in total. The van der Waals surface area contributed by atoms with Gasteiger partial charge in [0.15, 0.2) is 6.61 Å². The quantitative estimate of drug-likeness (QED) is 0.681. The molecule has 0 aromatic heterocycles. The number of benzene rings is 2. The summed E-state index contributed by atoms with van der Waals surface area (Å²) in [6, 6.07) is 15.7. The average Bonchev–Trinajstić information content (AvgIpc) is 2.65. The van der Waals surface area contributed by atoms with Crippen LogP contribution in [0.25, 0.3) is 0 Å². The molecule has 1 atom stereocenters. The van der Waals surface area contributed by atoms with Gasteiger partial charge in [0.2, 0.25) is 5.91 Å². The van der Waals surface area contributed by atoms with Crippen molar-refractivity contribution in [1.29, 1.82) is 0 Å². The zero-order chi connectivity index (χ0) is 19.6. The summed E-state index contributed by atoms with van der Waals surface area (Å²) >= 11 is 6.02. The topological polar surface area (TPSA) is 84.5 Å². The van der Waals surface area contributed by atoms with Gasteiger partial charge in [-0.1, -0.05) is 60.1 Å². The van der Waals surface area contributed by atoms with E-state index >= 15 is 0 Å². The molecule has 6 nitrogen and oxygen atoms in total. The summed E-state index contributed by atoms with van der Waals surface area (Å²) < 4.78 is 5.02. The number of nitrogens with one attached hydrogen (secondary N) is 2. The smallest absolute Gasteiger partial charge is 0.308 e. The zero-order valence-electron chi connectivity index (χ0n) is 14.9. The average molecular weight is 389 g/mol. The molecule has 0 unspecified atom stereocenters. The molecule has 2 amide bonds. The van der Waals surface area contributed by atoms with Crippen molar-refractivity contribution in [2.45, 2.75) is 25.9 Å². The molecule has 0 saturated heterocycles. The first kappa shape index (κ1) is 20.5. The minimum absolute atomic E-state index is 0.0681. The molecule has 0 bridgehead atoms. The number of amides is 2. The highest BCUT2D eigenvalue weighted by atomic mass is 35.5. The van der Waals surface area contributed by atoms with Crippen LogP contribution in [-0.2, 0) is 25.7 Å². The van der Waals surface area contributed by atoms with Crippen molar-refractivity contribution in [3.63, 3.8) is 0 Å². The van der Waals surface area contributed by atoms with Crippen LogP contribution in [0.4, 0.5) is 0 Å². The Bertz CT molecular complexity index is 796. The van der Waals surface area contributed by atoms with Gasteiger partial charge in [-0.05, 0) is 17.2 Å². The largest absolute Gasteiger partial charge is 0.456 e. The zero-order valence-corrected chi connectivity index (χ0v) is 15.7. The van der Waals surface area contributed by atoms with Crippen molar-refractivity contribution < 1.29 is 19.1 Å². The van der Waals surface area contributed by atoms with Crippen molar-refractivity contribution >= 4 is 29.4 Å². The van der Waals surface area contributed by atoms with Crippen LogP contribution in [0.5, 0.6) is 0 Å². The Kier molecular flexibility index (Phi) is 7.82. The second-order valence-corrected chi connectivity index (χ2v) is 6.30. The summed E-state index contributed by atoms with van der Waals surface area (Å²) in [5.41, 5.74) is 1.56. The van der Waals surface area contributed by atoms with Crippen molar-refractivity contribution in [2.75, 3.05) is 6.61 Å². The number of hydrogen-bond acceptors (Lipinski definition) is 4. The summed E-state index contributed by atoms with van der Waals surface area (Å²) in [5.74, 6) is -1.27. The molecule has 2 rings (SSSR count). The third-order valence-corrected chi connectivity index (χ3v) is 4.12. The minimum atomic E-state index is -0.578. The van der Waals surface area contributed by atoms with Gasteiger partial charge in [0, 0.05) is 18.5 Å². The van der Waals surface area contributed by atoms with E-state index < -0.39 is 24.5 Å². The number of halogens is 1. The van der Waals surface area contributed by atoms with Gasteiger partial charge in [-0.2, -0.15) is 0 Å². The number of carbonyl (C=O) groups excluding carboxylic acids is 3. The lowest BCUT2D eigenvalue weighted by atomic mass is 10.0. The molecule has 0 aliphatic heterocycles. The Morgan fingerprint density at radius 2 is 1.70 bits per heavy atom. The lowest BCUT2D eigenvalue weighted by Crippen LogP contribution is -2.31. The van der Waals surface area contributed by atoms with E-state index in [1.54, 1.807) is 18.2 Å². The highest BCUT2D eigenvalue weighted by Crippen LogP contribution is 2.17. The first-order valence-corrected chi connectivity index (χ1v) is 8.81. The van der Waals surface area contributed by atoms with Crippen molar-refractivity contribution in [2.24, 2.45) is 0 Å². The van der Waals surface area contributed by atoms with E-state index in [0.29, 0.717) is 5.02 Å². The van der Waals surface area contributed by atoms with Gasteiger partial charge in [0.05, 0.1) is 12.5 Å². The Balaban J connectivity index is 1.82. The molecule has 0 fully saturated rings. The predicted octanol–water partition coefficient (Wildman–Crippen LogP) is 2.77. The second kappa shape index (κ2) is 10.3. The highest BCUT2D eigenvalue weighted by Gasteiger charge is 2.18. The first-order valence-electron chi connectivity index (χ1n) is 8.43. The lowest BCUT2D eigenvalue weighted by molar-refractivity contribution is -0.149. The van der Waals surface area contributed by atoms with E-state index in [2.05, 4.69) is 10.6 Å². The summed E-state index contributed by atoms with van der Waals surface area (Å²) in [4.78, 5) is 35.3. The first-order chi connectivity index (χ1) is 13.0. The molecule has 0 aliphatic rings. The number of hydrogen-bond donors (Lipinski definition) is 2.